The van der Waals surface area contributed by atoms with E-state index in [1.54, 1.807) is 6.92 Å². The van der Waals surface area contributed by atoms with Crippen LogP contribution in [-0.4, -0.2) is 26.7 Å². The Labute approximate surface area is 123 Å². The molecule has 0 spiro atoms. The molecule has 7 heteroatoms. The first kappa shape index (κ1) is 14.7. The normalized spacial score (nSPS) is 10.8. The number of rotatable bonds is 6. The molecule has 0 amide bonds. The highest BCUT2D eigenvalue weighted by Crippen LogP contribution is 2.20. The summed E-state index contributed by atoms with van der Waals surface area (Å²) in [6, 6.07) is 0. The third-order valence-electron chi connectivity index (χ3n) is 2.81. The molecule has 0 aliphatic rings. The summed E-state index contributed by atoms with van der Waals surface area (Å²) in [6.45, 7) is 6.44. The minimum absolute atomic E-state index is 0.500. The maximum Gasteiger partial charge on any atom is 0.228 e. The summed E-state index contributed by atoms with van der Waals surface area (Å²) in [5.74, 6) is 2.79. The lowest BCUT2D eigenvalue weighted by molar-refractivity contribution is 0.377. The Morgan fingerprint density at radius 3 is 2.60 bits per heavy atom. The molecule has 0 aromatic carbocycles. The Kier molecular flexibility index (Phi) is 4.89. The van der Waals surface area contributed by atoms with Crippen molar-refractivity contribution in [3.05, 3.63) is 28.3 Å². The topological polar surface area (TPSA) is 76.7 Å². The Morgan fingerprint density at radius 1 is 1.15 bits per heavy atom. The highest BCUT2D eigenvalue weighted by Gasteiger charge is 2.09. The zero-order valence-corrected chi connectivity index (χ0v) is 12.7. The highest BCUT2D eigenvalue weighted by atomic mass is 35.5. The predicted octanol–water partition coefficient (Wildman–Crippen LogP) is 2.74. The average Bonchev–Trinajstić information content (AvgIpc) is 2.81. The van der Waals surface area contributed by atoms with Crippen molar-refractivity contribution in [2.75, 3.05) is 11.9 Å². The third kappa shape index (κ3) is 3.66. The van der Waals surface area contributed by atoms with E-state index in [0.717, 1.165) is 30.0 Å². The number of nitrogens with zero attached hydrogens (tertiary/aromatic N) is 4. The van der Waals surface area contributed by atoms with Gasteiger partial charge in [0.05, 0.1) is 0 Å². The second kappa shape index (κ2) is 6.65. The standard InChI is InChI=1S/C13H18ClN5O/c1-4-5-10-17-12(14)8(2)13(18-10)15-7-6-11-16-9(3)19-20-11/h4-7H2,1-3H3,(H,15,17,18). The van der Waals surface area contributed by atoms with Crippen molar-refractivity contribution in [2.45, 2.75) is 40.0 Å². The van der Waals surface area contributed by atoms with Gasteiger partial charge in [-0.05, 0) is 20.3 Å². The van der Waals surface area contributed by atoms with Gasteiger partial charge in [-0.3, -0.25) is 0 Å². The Hall–Kier alpha value is -1.69. The van der Waals surface area contributed by atoms with Gasteiger partial charge in [-0.1, -0.05) is 23.7 Å². The number of halogens is 1. The fourth-order valence-corrected chi connectivity index (χ4v) is 1.96. The first-order valence-electron chi connectivity index (χ1n) is 6.66. The van der Waals surface area contributed by atoms with Gasteiger partial charge in [-0.2, -0.15) is 4.98 Å². The fraction of sp³-hybridized carbons (Fsp3) is 0.538. The van der Waals surface area contributed by atoms with Crippen LogP contribution in [0.15, 0.2) is 4.52 Å². The van der Waals surface area contributed by atoms with Crippen molar-refractivity contribution in [1.29, 1.82) is 0 Å². The zero-order valence-electron chi connectivity index (χ0n) is 11.9. The van der Waals surface area contributed by atoms with Crippen LogP contribution in [0.5, 0.6) is 0 Å². The summed E-state index contributed by atoms with van der Waals surface area (Å²) in [6.07, 6.45) is 2.45. The molecule has 1 N–H and O–H groups in total. The van der Waals surface area contributed by atoms with Gasteiger partial charge in [-0.25, -0.2) is 9.97 Å². The van der Waals surface area contributed by atoms with E-state index in [-0.39, 0.29) is 0 Å². The van der Waals surface area contributed by atoms with Gasteiger partial charge in [-0.15, -0.1) is 0 Å². The van der Waals surface area contributed by atoms with Crippen LogP contribution in [0.1, 0.15) is 36.4 Å². The molecule has 0 radical (unpaired) electrons. The van der Waals surface area contributed by atoms with Crippen molar-refractivity contribution in [3.8, 4) is 0 Å². The lowest BCUT2D eigenvalue weighted by Gasteiger charge is -2.10. The molecular formula is C13H18ClN5O. The molecule has 0 saturated carbocycles. The third-order valence-corrected chi connectivity index (χ3v) is 3.18. The summed E-state index contributed by atoms with van der Waals surface area (Å²) in [5, 5.41) is 7.50. The molecule has 0 fully saturated rings. The van der Waals surface area contributed by atoms with Crippen LogP contribution >= 0.6 is 11.6 Å². The molecule has 20 heavy (non-hydrogen) atoms. The summed E-state index contributed by atoms with van der Waals surface area (Å²) >= 11 is 6.12. The molecule has 0 saturated heterocycles. The molecule has 0 atom stereocenters. The monoisotopic (exact) mass is 295 g/mol. The van der Waals surface area contributed by atoms with E-state index < -0.39 is 0 Å². The first-order chi connectivity index (χ1) is 9.60. The molecule has 0 aliphatic heterocycles. The van der Waals surface area contributed by atoms with Gasteiger partial charge in [0.15, 0.2) is 5.82 Å². The number of hydrogen-bond acceptors (Lipinski definition) is 6. The molecule has 0 unspecified atom stereocenters. The van der Waals surface area contributed by atoms with Crippen molar-refractivity contribution in [2.24, 2.45) is 0 Å². The van der Waals surface area contributed by atoms with Gasteiger partial charge in [0.25, 0.3) is 0 Å². The second-order valence-electron chi connectivity index (χ2n) is 4.57. The summed E-state index contributed by atoms with van der Waals surface area (Å²) < 4.78 is 5.06. The van der Waals surface area contributed by atoms with Crippen LogP contribution in [0, 0.1) is 13.8 Å². The van der Waals surface area contributed by atoms with Crippen LogP contribution in [0.3, 0.4) is 0 Å². The molecule has 2 heterocycles. The summed E-state index contributed by atoms with van der Waals surface area (Å²) in [5.41, 5.74) is 0.855. The van der Waals surface area contributed by atoms with Gasteiger partial charge >= 0.3 is 0 Å². The number of aryl methyl sites for hydroxylation is 2. The number of hydrogen-bond donors (Lipinski definition) is 1. The maximum atomic E-state index is 6.12. The smallest absolute Gasteiger partial charge is 0.228 e. The molecule has 2 aromatic rings. The fourth-order valence-electron chi connectivity index (χ4n) is 1.77. The summed E-state index contributed by atoms with van der Waals surface area (Å²) in [4.78, 5) is 12.9. The number of nitrogens with one attached hydrogen (secondary N) is 1. The molecule has 2 rings (SSSR count). The largest absolute Gasteiger partial charge is 0.369 e. The van der Waals surface area contributed by atoms with E-state index in [2.05, 4.69) is 32.3 Å². The summed E-state index contributed by atoms with van der Waals surface area (Å²) in [7, 11) is 0. The minimum atomic E-state index is 0.500. The van der Waals surface area contributed by atoms with E-state index >= 15 is 0 Å². The number of anilines is 1. The van der Waals surface area contributed by atoms with E-state index in [1.165, 1.54) is 0 Å². The molecular weight excluding hydrogens is 278 g/mol. The van der Waals surface area contributed by atoms with Crippen LogP contribution in [0.4, 0.5) is 5.82 Å². The SMILES string of the molecule is CCCc1nc(Cl)c(C)c(NCCc2nc(C)no2)n1. The minimum Gasteiger partial charge on any atom is -0.369 e. The zero-order chi connectivity index (χ0) is 14.5. The van der Waals surface area contributed by atoms with Crippen LogP contribution in [-0.2, 0) is 12.8 Å². The van der Waals surface area contributed by atoms with Crippen molar-refractivity contribution in [1.82, 2.24) is 20.1 Å². The number of aromatic nitrogens is 4. The Morgan fingerprint density at radius 2 is 1.95 bits per heavy atom. The van der Waals surface area contributed by atoms with E-state index in [0.29, 0.717) is 29.8 Å². The van der Waals surface area contributed by atoms with Crippen molar-refractivity contribution >= 4 is 17.4 Å². The van der Waals surface area contributed by atoms with E-state index in [4.69, 9.17) is 16.1 Å². The van der Waals surface area contributed by atoms with Crippen LogP contribution in [0.2, 0.25) is 5.15 Å². The van der Waals surface area contributed by atoms with Gasteiger partial charge in [0.1, 0.15) is 16.8 Å². The molecule has 108 valence electrons. The van der Waals surface area contributed by atoms with E-state index in [9.17, 15) is 0 Å². The first-order valence-corrected chi connectivity index (χ1v) is 7.04. The molecule has 2 aromatic heterocycles. The van der Waals surface area contributed by atoms with Gasteiger partial charge in [0.2, 0.25) is 5.89 Å². The van der Waals surface area contributed by atoms with Crippen molar-refractivity contribution in [3.63, 3.8) is 0 Å². The van der Waals surface area contributed by atoms with Gasteiger partial charge in [0, 0.05) is 24.9 Å². The molecule has 0 aliphatic carbocycles. The quantitative estimate of drug-likeness (QED) is 0.826. The lowest BCUT2D eigenvalue weighted by atomic mass is 10.3. The van der Waals surface area contributed by atoms with E-state index in [1.807, 2.05) is 6.92 Å². The second-order valence-corrected chi connectivity index (χ2v) is 4.92. The van der Waals surface area contributed by atoms with Crippen molar-refractivity contribution < 1.29 is 4.52 Å². The van der Waals surface area contributed by atoms with Crippen LogP contribution < -0.4 is 5.32 Å². The highest BCUT2D eigenvalue weighted by molar-refractivity contribution is 6.30. The Bertz CT molecular complexity index is 584. The van der Waals surface area contributed by atoms with Gasteiger partial charge < -0.3 is 9.84 Å². The molecule has 0 bridgehead atoms. The Balaban J connectivity index is 2.01. The van der Waals surface area contributed by atoms with Crippen LogP contribution in [0.25, 0.3) is 0 Å². The lowest BCUT2D eigenvalue weighted by Crippen LogP contribution is -2.10. The molecule has 6 nitrogen and oxygen atoms in total. The average molecular weight is 296 g/mol. The maximum absolute atomic E-state index is 6.12. The predicted molar refractivity (Wildman–Crippen MR) is 77.0 cm³/mol.